The van der Waals surface area contributed by atoms with Crippen LogP contribution in [-0.4, -0.2) is 35.3 Å². The Morgan fingerprint density at radius 2 is 2.29 bits per heavy atom. The molecule has 1 aromatic heterocycles. The topological polar surface area (TPSA) is 59.1 Å². The van der Waals surface area contributed by atoms with Crippen molar-refractivity contribution in [3.8, 4) is 0 Å². The van der Waals surface area contributed by atoms with Gasteiger partial charge in [-0.1, -0.05) is 24.9 Å². The van der Waals surface area contributed by atoms with Gasteiger partial charge in [0.2, 0.25) is 0 Å². The van der Waals surface area contributed by atoms with Crippen molar-refractivity contribution in [2.75, 3.05) is 20.6 Å². The maximum atomic E-state index is 6.18. The van der Waals surface area contributed by atoms with Gasteiger partial charge in [-0.15, -0.1) is 0 Å². The average molecular weight is 260 g/mol. The monoisotopic (exact) mass is 259 g/mol. The van der Waals surface area contributed by atoms with Gasteiger partial charge < -0.3 is 4.90 Å². The zero-order valence-corrected chi connectivity index (χ0v) is 11.5. The van der Waals surface area contributed by atoms with Crippen molar-refractivity contribution in [2.45, 2.75) is 32.4 Å². The number of nitrogens with zero attached hydrogens (tertiary/aromatic N) is 3. The molecule has 1 rings (SSSR count). The molecule has 17 heavy (non-hydrogen) atoms. The van der Waals surface area contributed by atoms with Gasteiger partial charge in [-0.2, -0.15) is 5.10 Å². The molecule has 0 saturated heterocycles. The van der Waals surface area contributed by atoms with Crippen LogP contribution >= 0.6 is 11.6 Å². The lowest BCUT2D eigenvalue weighted by molar-refractivity contribution is 0.360. The van der Waals surface area contributed by atoms with Gasteiger partial charge in [-0.05, 0) is 20.5 Å². The Bertz CT molecular complexity index is 337. The van der Waals surface area contributed by atoms with E-state index < -0.39 is 0 Å². The molecule has 5 nitrogen and oxygen atoms in total. The van der Waals surface area contributed by atoms with E-state index in [0.717, 1.165) is 31.6 Å². The summed E-state index contributed by atoms with van der Waals surface area (Å²) in [5, 5.41) is 4.98. The first-order chi connectivity index (χ1) is 8.10. The van der Waals surface area contributed by atoms with E-state index in [1.165, 1.54) is 0 Å². The van der Waals surface area contributed by atoms with Gasteiger partial charge in [0.25, 0.3) is 0 Å². The van der Waals surface area contributed by atoms with Crippen LogP contribution in [0.15, 0.2) is 6.20 Å². The Morgan fingerprint density at radius 1 is 1.59 bits per heavy atom. The van der Waals surface area contributed by atoms with Crippen molar-refractivity contribution in [1.82, 2.24) is 20.1 Å². The minimum absolute atomic E-state index is 0.0668. The number of rotatable bonds is 7. The van der Waals surface area contributed by atoms with Crippen LogP contribution in [0.1, 0.15) is 31.5 Å². The molecule has 0 bridgehead atoms. The maximum absolute atomic E-state index is 6.18. The van der Waals surface area contributed by atoms with E-state index >= 15 is 0 Å². The molecule has 0 radical (unpaired) electrons. The number of hydrazine groups is 1. The standard InChI is InChI=1S/C11H22ClN5/c1-4-5-10(15-13)11-9(12)8-14-17(11)7-6-16(2)3/h8,10,15H,4-7,13H2,1-3H3. The molecule has 3 N–H and O–H groups in total. The molecule has 0 fully saturated rings. The number of aromatic nitrogens is 2. The largest absolute Gasteiger partial charge is 0.308 e. The van der Waals surface area contributed by atoms with Crippen LogP contribution in [0.5, 0.6) is 0 Å². The number of likely N-dealkylation sites (N-methyl/N-ethyl adjacent to an activating group) is 1. The molecule has 0 saturated carbocycles. The fourth-order valence-electron chi connectivity index (χ4n) is 1.78. The van der Waals surface area contributed by atoms with Gasteiger partial charge >= 0.3 is 0 Å². The molecule has 0 aliphatic carbocycles. The van der Waals surface area contributed by atoms with E-state index in [-0.39, 0.29) is 6.04 Å². The third-order valence-corrected chi connectivity index (χ3v) is 2.99. The van der Waals surface area contributed by atoms with Crippen molar-refractivity contribution in [2.24, 2.45) is 5.84 Å². The lowest BCUT2D eigenvalue weighted by atomic mass is 10.1. The molecule has 0 spiro atoms. The molecule has 98 valence electrons. The molecule has 0 aromatic carbocycles. The van der Waals surface area contributed by atoms with Crippen molar-refractivity contribution in [3.05, 3.63) is 16.9 Å². The molecule has 0 aliphatic rings. The summed E-state index contributed by atoms with van der Waals surface area (Å²) in [5.74, 6) is 5.58. The minimum Gasteiger partial charge on any atom is -0.308 e. The minimum atomic E-state index is 0.0668. The Morgan fingerprint density at radius 3 is 2.82 bits per heavy atom. The average Bonchev–Trinajstić information content (AvgIpc) is 2.65. The van der Waals surface area contributed by atoms with Crippen LogP contribution in [0.4, 0.5) is 0 Å². The summed E-state index contributed by atoms with van der Waals surface area (Å²) in [6.45, 7) is 3.87. The van der Waals surface area contributed by atoms with Crippen LogP contribution in [0, 0.1) is 0 Å². The molecular formula is C11H22ClN5. The zero-order chi connectivity index (χ0) is 12.8. The highest BCUT2D eigenvalue weighted by atomic mass is 35.5. The van der Waals surface area contributed by atoms with Crippen molar-refractivity contribution in [3.63, 3.8) is 0 Å². The Hall–Kier alpha value is -0.620. The lowest BCUT2D eigenvalue weighted by Crippen LogP contribution is -2.31. The molecule has 1 aromatic rings. The van der Waals surface area contributed by atoms with Gasteiger partial charge in [0.15, 0.2) is 0 Å². The second-order valence-electron chi connectivity index (χ2n) is 4.41. The summed E-state index contributed by atoms with van der Waals surface area (Å²) in [6.07, 6.45) is 3.68. The molecule has 1 unspecified atom stereocenters. The van der Waals surface area contributed by atoms with Crippen LogP contribution < -0.4 is 11.3 Å². The highest BCUT2D eigenvalue weighted by Gasteiger charge is 2.18. The van der Waals surface area contributed by atoms with Crippen molar-refractivity contribution < 1.29 is 0 Å². The predicted octanol–water partition coefficient (Wildman–Crippen LogP) is 1.40. The Labute approximate surface area is 108 Å². The molecule has 0 amide bonds. The molecule has 6 heteroatoms. The molecule has 1 heterocycles. The smallest absolute Gasteiger partial charge is 0.0834 e. The van der Waals surface area contributed by atoms with Gasteiger partial charge in [-0.25, -0.2) is 0 Å². The summed E-state index contributed by atoms with van der Waals surface area (Å²) in [5.41, 5.74) is 3.80. The normalized spacial score (nSPS) is 13.3. The summed E-state index contributed by atoms with van der Waals surface area (Å²) in [6, 6.07) is 0.0668. The SMILES string of the molecule is CCCC(NN)c1c(Cl)cnn1CCN(C)C. The summed E-state index contributed by atoms with van der Waals surface area (Å²) < 4.78 is 1.93. The van der Waals surface area contributed by atoms with E-state index in [0.29, 0.717) is 5.02 Å². The van der Waals surface area contributed by atoms with E-state index in [9.17, 15) is 0 Å². The van der Waals surface area contributed by atoms with Crippen molar-refractivity contribution >= 4 is 11.6 Å². The number of hydrogen-bond donors (Lipinski definition) is 2. The van der Waals surface area contributed by atoms with Gasteiger partial charge in [0.1, 0.15) is 0 Å². The Balaban J connectivity index is 2.84. The zero-order valence-electron chi connectivity index (χ0n) is 10.8. The molecule has 0 aliphatic heterocycles. The quantitative estimate of drug-likeness (QED) is 0.574. The first-order valence-corrected chi connectivity index (χ1v) is 6.30. The maximum Gasteiger partial charge on any atom is 0.0834 e. The third-order valence-electron chi connectivity index (χ3n) is 2.70. The number of nitrogens with two attached hydrogens (primary N) is 1. The summed E-state index contributed by atoms with van der Waals surface area (Å²) >= 11 is 6.18. The first-order valence-electron chi connectivity index (χ1n) is 5.92. The number of hydrogen-bond acceptors (Lipinski definition) is 4. The summed E-state index contributed by atoms with van der Waals surface area (Å²) in [4.78, 5) is 2.12. The highest BCUT2D eigenvalue weighted by molar-refractivity contribution is 6.31. The lowest BCUT2D eigenvalue weighted by Gasteiger charge is -2.18. The van der Waals surface area contributed by atoms with E-state index in [4.69, 9.17) is 17.4 Å². The van der Waals surface area contributed by atoms with Gasteiger partial charge in [0, 0.05) is 6.54 Å². The molecule has 1 atom stereocenters. The molecular weight excluding hydrogens is 238 g/mol. The van der Waals surface area contributed by atoms with Gasteiger partial charge in [-0.3, -0.25) is 16.0 Å². The highest BCUT2D eigenvalue weighted by Crippen LogP contribution is 2.25. The van der Waals surface area contributed by atoms with Crippen LogP contribution in [0.3, 0.4) is 0 Å². The van der Waals surface area contributed by atoms with E-state index in [1.807, 2.05) is 18.8 Å². The van der Waals surface area contributed by atoms with Crippen molar-refractivity contribution in [1.29, 1.82) is 0 Å². The van der Waals surface area contributed by atoms with E-state index in [2.05, 4.69) is 22.3 Å². The number of nitrogens with one attached hydrogen (secondary N) is 1. The third kappa shape index (κ3) is 3.96. The van der Waals surface area contributed by atoms with Crippen LogP contribution in [-0.2, 0) is 6.54 Å². The second-order valence-corrected chi connectivity index (χ2v) is 4.82. The van der Waals surface area contributed by atoms with Crippen LogP contribution in [0.2, 0.25) is 5.02 Å². The predicted molar refractivity (Wildman–Crippen MR) is 70.8 cm³/mol. The first kappa shape index (κ1) is 14.4. The fourth-order valence-corrected chi connectivity index (χ4v) is 2.05. The van der Waals surface area contributed by atoms with Crippen LogP contribution in [0.25, 0.3) is 0 Å². The second kappa shape index (κ2) is 6.96. The fraction of sp³-hybridized carbons (Fsp3) is 0.727. The summed E-state index contributed by atoms with van der Waals surface area (Å²) in [7, 11) is 4.07. The number of halogens is 1. The van der Waals surface area contributed by atoms with E-state index in [1.54, 1.807) is 6.20 Å². The van der Waals surface area contributed by atoms with Gasteiger partial charge in [0.05, 0.1) is 29.5 Å². The Kier molecular flexibility index (Phi) is 5.91.